The summed E-state index contributed by atoms with van der Waals surface area (Å²) in [6.07, 6.45) is 1.17. The van der Waals surface area contributed by atoms with E-state index in [-0.39, 0.29) is 24.9 Å². The van der Waals surface area contributed by atoms with Gasteiger partial charge in [0.05, 0.1) is 12.4 Å². The first-order valence-electron chi connectivity index (χ1n) is 7.90. The van der Waals surface area contributed by atoms with Gasteiger partial charge in [0.15, 0.2) is 5.82 Å². The summed E-state index contributed by atoms with van der Waals surface area (Å²) < 4.78 is 27.9. The van der Waals surface area contributed by atoms with E-state index in [4.69, 9.17) is 0 Å². The Bertz CT molecular complexity index is 908. The van der Waals surface area contributed by atoms with Gasteiger partial charge < -0.3 is 4.90 Å². The van der Waals surface area contributed by atoms with Crippen molar-refractivity contribution < 1.29 is 18.4 Å². The molecule has 1 saturated carbocycles. The van der Waals surface area contributed by atoms with Crippen molar-refractivity contribution in [2.45, 2.75) is 18.0 Å². The number of alkyl halides is 1. The number of carbonyl (C=O) groups is 2. The van der Waals surface area contributed by atoms with Crippen molar-refractivity contribution in [3.05, 3.63) is 51.1 Å². The second-order valence-corrected chi connectivity index (χ2v) is 7.70. The van der Waals surface area contributed by atoms with Gasteiger partial charge in [-0.2, -0.15) is 0 Å². The number of amides is 2. The molecule has 0 bridgehead atoms. The van der Waals surface area contributed by atoms with Crippen LogP contribution in [0.5, 0.6) is 0 Å². The van der Waals surface area contributed by atoms with Crippen LogP contribution < -0.4 is 5.32 Å². The van der Waals surface area contributed by atoms with Crippen molar-refractivity contribution in [3.8, 4) is 0 Å². The molecule has 1 aliphatic heterocycles. The molecule has 1 N–H and O–H groups in total. The van der Waals surface area contributed by atoms with Crippen LogP contribution in [-0.4, -0.2) is 45.9 Å². The summed E-state index contributed by atoms with van der Waals surface area (Å²) in [6, 6.07) is 5.31. The normalized spacial score (nSPS) is 23.7. The summed E-state index contributed by atoms with van der Waals surface area (Å²) in [5.41, 5.74) is 0.431. The molecule has 6 nitrogen and oxygen atoms in total. The molecule has 2 aliphatic rings. The average molecular weight is 470 g/mol. The zero-order chi connectivity index (χ0) is 18.5. The summed E-state index contributed by atoms with van der Waals surface area (Å²) in [6.45, 7) is -0.0999. The highest BCUT2D eigenvalue weighted by Gasteiger charge is 2.61. The third-order valence-electron chi connectivity index (χ3n) is 4.70. The minimum atomic E-state index is -1.03. The van der Waals surface area contributed by atoms with Crippen LogP contribution in [0, 0.1) is 9.39 Å². The molecule has 1 aromatic heterocycles. The third-order valence-corrected chi connectivity index (χ3v) is 5.37. The topological polar surface area (TPSA) is 75.2 Å². The maximum absolute atomic E-state index is 14.2. The van der Waals surface area contributed by atoms with E-state index >= 15 is 0 Å². The van der Waals surface area contributed by atoms with Gasteiger partial charge in [-0.05, 0) is 52.8 Å². The molecule has 2 amide bonds. The molecular formula is C17H13F2IN4O2. The number of fused-ring (bicyclic) bond motifs is 2. The van der Waals surface area contributed by atoms with Crippen LogP contribution in [0.25, 0.3) is 0 Å². The predicted molar refractivity (Wildman–Crippen MR) is 96.9 cm³/mol. The van der Waals surface area contributed by atoms with Crippen molar-refractivity contribution in [2.24, 2.45) is 0 Å². The van der Waals surface area contributed by atoms with Gasteiger partial charge in [0.2, 0.25) is 11.9 Å². The van der Waals surface area contributed by atoms with Gasteiger partial charge in [-0.1, -0.05) is 0 Å². The number of hydrogen-bond acceptors (Lipinski definition) is 4. The Morgan fingerprint density at radius 3 is 2.73 bits per heavy atom. The van der Waals surface area contributed by atoms with E-state index in [0.29, 0.717) is 12.0 Å². The fourth-order valence-corrected chi connectivity index (χ4v) is 3.82. The van der Waals surface area contributed by atoms with Gasteiger partial charge in [0.1, 0.15) is 12.7 Å². The van der Waals surface area contributed by atoms with Crippen molar-refractivity contribution in [1.82, 2.24) is 14.9 Å². The molecule has 1 aliphatic carbocycles. The largest absolute Gasteiger partial charge is 0.328 e. The zero-order valence-corrected chi connectivity index (χ0v) is 15.5. The van der Waals surface area contributed by atoms with Crippen LogP contribution in [0.4, 0.5) is 14.7 Å². The van der Waals surface area contributed by atoms with E-state index < -0.39 is 23.3 Å². The lowest BCUT2D eigenvalue weighted by Gasteiger charge is -2.34. The Kier molecular flexibility index (Phi) is 4.13. The van der Waals surface area contributed by atoms with Crippen LogP contribution in [0.1, 0.15) is 22.3 Å². The summed E-state index contributed by atoms with van der Waals surface area (Å²) in [4.78, 5) is 33.6. The molecule has 0 radical (unpaired) electrons. The second kappa shape index (κ2) is 6.22. The fraction of sp³-hybridized carbons (Fsp3) is 0.294. The van der Waals surface area contributed by atoms with Gasteiger partial charge in [-0.25, -0.2) is 18.7 Å². The molecular weight excluding hydrogens is 457 g/mol. The van der Waals surface area contributed by atoms with E-state index in [0.717, 1.165) is 21.5 Å². The second-order valence-electron chi connectivity index (χ2n) is 6.45. The number of hydrogen-bond donors (Lipinski definition) is 1. The SMILES string of the molecule is O=C(CN1C[C@@]2(C[C@H]2F)c2cc(I)ccc2C1=O)Nc1ncc(F)cn1. The molecule has 0 unspecified atom stereocenters. The van der Waals surface area contributed by atoms with Crippen molar-refractivity contribution in [2.75, 3.05) is 18.4 Å². The van der Waals surface area contributed by atoms with E-state index in [9.17, 15) is 18.4 Å². The Balaban J connectivity index is 1.54. The van der Waals surface area contributed by atoms with Gasteiger partial charge in [-0.3, -0.25) is 14.9 Å². The van der Waals surface area contributed by atoms with E-state index in [1.165, 1.54) is 4.90 Å². The number of nitrogens with zero attached hydrogens (tertiary/aromatic N) is 3. The van der Waals surface area contributed by atoms with Gasteiger partial charge in [0, 0.05) is 21.1 Å². The van der Waals surface area contributed by atoms with Crippen LogP contribution >= 0.6 is 22.6 Å². The highest BCUT2D eigenvalue weighted by Crippen LogP contribution is 2.54. The standard InChI is InChI=1S/C17H13F2IN4O2/c18-9-5-21-16(22-6-9)23-14(25)7-24-8-17(4-13(17)19)12-3-10(20)1-2-11(12)15(24)26/h1-3,5-6,13H,4,7-8H2,(H,21,22,23,25)/t13-,17+/m1/s1. The quantitative estimate of drug-likeness (QED) is 0.699. The lowest BCUT2D eigenvalue weighted by Crippen LogP contribution is -2.47. The molecule has 0 saturated heterocycles. The molecule has 26 heavy (non-hydrogen) atoms. The van der Waals surface area contributed by atoms with Crippen LogP contribution in [0.2, 0.25) is 0 Å². The molecule has 9 heteroatoms. The third kappa shape index (κ3) is 2.93. The molecule has 2 atom stereocenters. The predicted octanol–water partition coefficient (Wildman–Crippen LogP) is 2.29. The van der Waals surface area contributed by atoms with Gasteiger partial charge in [0.25, 0.3) is 5.91 Å². The Labute approximate surface area is 161 Å². The minimum absolute atomic E-state index is 0.0553. The molecule has 2 heterocycles. The Morgan fingerprint density at radius 2 is 2.08 bits per heavy atom. The molecule has 1 fully saturated rings. The van der Waals surface area contributed by atoms with E-state index in [1.807, 2.05) is 6.07 Å². The highest BCUT2D eigenvalue weighted by molar-refractivity contribution is 14.1. The number of nitrogens with one attached hydrogen (secondary N) is 1. The first-order valence-corrected chi connectivity index (χ1v) is 8.98. The van der Waals surface area contributed by atoms with Crippen molar-refractivity contribution >= 4 is 40.4 Å². The summed E-state index contributed by atoms with van der Waals surface area (Å²) >= 11 is 2.13. The van der Waals surface area contributed by atoms with Crippen LogP contribution in [0.3, 0.4) is 0 Å². The highest BCUT2D eigenvalue weighted by atomic mass is 127. The lowest BCUT2D eigenvalue weighted by atomic mass is 9.86. The number of anilines is 1. The van der Waals surface area contributed by atoms with Gasteiger partial charge >= 0.3 is 0 Å². The smallest absolute Gasteiger partial charge is 0.254 e. The Morgan fingerprint density at radius 1 is 1.38 bits per heavy atom. The monoisotopic (exact) mass is 470 g/mol. The summed E-state index contributed by atoms with van der Waals surface area (Å²) in [7, 11) is 0. The number of benzene rings is 1. The van der Waals surface area contributed by atoms with Crippen LogP contribution in [-0.2, 0) is 10.2 Å². The van der Waals surface area contributed by atoms with Gasteiger partial charge in [-0.15, -0.1) is 0 Å². The van der Waals surface area contributed by atoms with Crippen molar-refractivity contribution in [3.63, 3.8) is 0 Å². The molecule has 134 valence electrons. The Hall–Kier alpha value is -2.17. The van der Waals surface area contributed by atoms with Crippen molar-refractivity contribution in [1.29, 1.82) is 0 Å². The van der Waals surface area contributed by atoms with E-state index in [2.05, 4.69) is 37.9 Å². The molecule has 2 aromatic rings. The number of halogens is 3. The lowest BCUT2D eigenvalue weighted by molar-refractivity contribution is -0.117. The fourth-order valence-electron chi connectivity index (χ4n) is 3.33. The number of aromatic nitrogens is 2. The first-order chi connectivity index (χ1) is 12.4. The van der Waals surface area contributed by atoms with Crippen LogP contribution in [0.15, 0.2) is 30.6 Å². The maximum atomic E-state index is 14.2. The number of rotatable bonds is 3. The average Bonchev–Trinajstić information content (AvgIpc) is 3.25. The summed E-state index contributed by atoms with van der Waals surface area (Å²) in [5, 5.41) is 2.41. The molecule has 4 rings (SSSR count). The minimum Gasteiger partial charge on any atom is -0.328 e. The summed E-state index contributed by atoms with van der Waals surface area (Å²) in [5.74, 6) is -1.51. The van der Waals surface area contributed by atoms with E-state index in [1.54, 1.807) is 12.1 Å². The molecule has 1 aromatic carbocycles. The zero-order valence-electron chi connectivity index (χ0n) is 13.4. The first kappa shape index (κ1) is 17.3. The number of carbonyl (C=O) groups excluding carboxylic acids is 2. The molecule has 1 spiro atoms. The maximum Gasteiger partial charge on any atom is 0.254 e.